The Balaban J connectivity index is 1.80. The first-order valence-corrected chi connectivity index (χ1v) is 11.6. The third-order valence-corrected chi connectivity index (χ3v) is 6.96. The van der Waals surface area contributed by atoms with Crippen molar-refractivity contribution < 1.29 is 9.84 Å². The van der Waals surface area contributed by atoms with Crippen molar-refractivity contribution in [2.24, 2.45) is 0 Å². The molecule has 4 N–H and O–H groups in total. The molecule has 0 unspecified atom stereocenters. The second-order valence-corrected chi connectivity index (χ2v) is 9.05. The van der Waals surface area contributed by atoms with Crippen molar-refractivity contribution in [1.29, 1.82) is 0 Å². The first-order chi connectivity index (χ1) is 15.2. The van der Waals surface area contributed by atoms with E-state index < -0.39 is 0 Å². The van der Waals surface area contributed by atoms with Crippen molar-refractivity contribution in [2.45, 2.75) is 4.21 Å². The summed E-state index contributed by atoms with van der Waals surface area (Å²) in [6, 6.07) is 12.2. The molecule has 0 spiro atoms. The van der Waals surface area contributed by atoms with E-state index in [2.05, 4.69) is 27.4 Å². The number of aromatic nitrogens is 3. The maximum atomic E-state index is 8.95. The Morgan fingerprint density at radius 3 is 2.65 bits per heavy atom. The molecule has 0 amide bonds. The van der Waals surface area contributed by atoms with Gasteiger partial charge < -0.3 is 20.9 Å². The first kappa shape index (κ1) is 21.5. The van der Waals surface area contributed by atoms with Crippen molar-refractivity contribution in [3.63, 3.8) is 0 Å². The summed E-state index contributed by atoms with van der Waals surface area (Å²) in [6.07, 6.45) is 3.47. The molecule has 4 rings (SSSR count). The number of hydrogen-bond donors (Lipinski definition) is 3. The van der Waals surface area contributed by atoms with E-state index in [0.29, 0.717) is 19.1 Å². The van der Waals surface area contributed by atoms with E-state index in [0.717, 1.165) is 48.3 Å². The van der Waals surface area contributed by atoms with Gasteiger partial charge in [0.05, 0.1) is 28.8 Å². The summed E-state index contributed by atoms with van der Waals surface area (Å²) in [7, 11) is 1.70. The molecule has 0 fully saturated rings. The minimum absolute atomic E-state index is 0.0221. The van der Waals surface area contributed by atoms with Crippen LogP contribution in [0.3, 0.4) is 0 Å². The SMILES string of the molecule is COCCSc1sc2nc(-c3cnc(NCCO)nc3)cc(-c3ccccc3)c2c1N. The van der Waals surface area contributed by atoms with Crippen LogP contribution in [0.25, 0.3) is 32.6 Å². The fraction of sp³-hybridized carbons (Fsp3) is 0.227. The largest absolute Gasteiger partial charge is 0.397 e. The molecule has 0 bridgehead atoms. The predicted molar refractivity (Wildman–Crippen MR) is 129 cm³/mol. The quantitative estimate of drug-likeness (QED) is 0.256. The summed E-state index contributed by atoms with van der Waals surface area (Å²) >= 11 is 3.28. The van der Waals surface area contributed by atoms with Crippen LogP contribution < -0.4 is 11.1 Å². The molecule has 3 heterocycles. The van der Waals surface area contributed by atoms with Gasteiger partial charge in [-0.1, -0.05) is 30.3 Å². The Morgan fingerprint density at radius 1 is 1.16 bits per heavy atom. The zero-order valence-corrected chi connectivity index (χ0v) is 18.7. The summed E-state index contributed by atoms with van der Waals surface area (Å²) < 4.78 is 6.23. The van der Waals surface area contributed by atoms with Gasteiger partial charge in [-0.05, 0) is 17.2 Å². The van der Waals surface area contributed by atoms with Gasteiger partial charge in [0, 0.05) is 42.8 Å². The highest BCUT2D eigenvalue weighted by Crippen LogP contribution is 2.45. The second kappa shape index (κ2) is 10.1. The number of aliphatic hydroxyl groups excluding tert-OH is 1. The number of rotatable bonds is 9. The monoisotopic (exact) mass is 453 g/mol. The Hall–Kier alpha value is -2.72. The number of hydrogen-bond acceptors (Lipinski definition) is 9. The molecule has 31 heavy (non-hydrogen) atoms. The van der Waals surface area contributed by atoms with Gasteiger partial charge >= 0.3 is 0 Å². The number of nitrogen functional groups attached to an aromatic ring is 1. The summed E-state index contributed by atoms with van der Waals surface area (Å²) in [5.41, 5.74) is 11.1. The van der Waals surface area contributed by atoms with E-state index in [1.165, 1.54) is 0 Å². The van der Waals surface area contributed by atoms with Crippen LogP contribution in [0.15, 0.2) is 53.0 Å². The highest BCUT2D eigenvalue weighted by atomic mass is 32.2. The van der Waals surface area contributed by atoms with Crippen molar-refractivity contribution in [1.82, 2.24) is 15.0 Å². The van der Waals surface area contributed by atoms with Crippen LogP contribution in [-0.4, -0.2) is 52.7 Å². The van der Waals surface area contributed by atoms with Gasteiger partial charge in [0.15, 0.2) is 0 Å². The van der Waals surface area contributed by atoms with Crippen LogP contribution in [0.4, 0.5) is 11.6 Å². The third kappa shape index (κ3) is 4.80. The van der Waals surface area contributed by atoms with Gasteiger partial charge in [0.1, 0.15) is 4.83 Å². The fourth-order valence-corrected chi connectivity index (χ4v) is 5.41. The number of benzene rings is 1. The Labute approximate surface area is 188 Å². The molecule has 3 aromatic heterocycles. The summed E-state index contributed by atoms with van der Waals surface area (Å²) in [4.78, 5) is 14.4. The standard InChI is InChI=1S/C22H23N5O2S2/c1-29-9-10-30-21-19(23)18-16(14-5-3-2-4-6-14)11-17(27-20(18)31-21)15-12-25-22(26-13-15)24-7-8-28/h2-6,11-13,28H,7-10,23H2,1H3,(H,24,25,26). The minimum Gasteiger partial charge on any atom is -0.397 e. The Kier molecular flexibility index (Phi) is 6.98. The van der Waals surface area contributed by atoms with Crippen LogP contribution in [0.5, 0.6) is 0 Å². The number of pyridine rings is 1. The van der Waals surface area contributed by atoms with E-state index in [9.17, 15) is 0 Å². The van der Waals surface area contributed by atoms with Gasteiger partial charge in [0.25, 0.3) is 0 Å². The number of nitrogens with one attached hydrogen (secondary N) is 1. The minimum atomic E-state index is 0.0221. The summed E-state index contributed by atoms with van der Waals surface area (Å²) in [5, 5.41) is 12.9. The van der Waals surface area contributed by atoms with Crippen LogP contribution >= 0.6 is 23.1 Å². The van der Waals surface area contributed by atoms with Gasteiger partial charge in [-0.25, -0.2) is 15.0 Å². The summed E-state index contributed by atoms with van der Waals surface area (Å²) in [6.45, 7) is 1.09. The lowest BCUT2D eigenvalue weighted by Gasteiger charge is -2.09. The van der Waals surface area contributed by atoms with E-state index in [1.54, 1.807) is 42.6 Å². The highest BCUT2D eigenvalue weighted by Gasteiger charge is 2.18. The van der Waals surface area contributed by atoms with Crippen molar-refractivity contribution in [2.75, 3.05) is 43.7 Å². The van der Waals surface area contributed by atoms with Crippen LogP contribution in [0, 0.1) is 0 Å². The van der Waals surface area contributed by atoms with Gasteiger partial charge in [-0.15, -0.1) is 23.1 Å². The van der Waals surface area contributed by atoms with Gasteiger partial charge in [-0.3, -0.25) is 0 Å². The molecule has 0 atom stereocenters. The molecule has 0 aliphatic heterocycles. The molecule has 7 nitrogen and oxygen atoms in total. The topological polar surface area (TPSA) is 106 Å². The number of thioether (sulfide) groups is 1. The summed E-state index contributed by atoms with van der Waals surface area (Å²) in [5.74, 6) is 1.30. The second-order valence-electron chi connectivity index (χ2n) is 6.69. The fourth-order valence-electron chi connectivity index (χ4n) is 3.14. The molecule has 0 saturated carbocycles. The zero-order valence-electron chi connectivity index (χ0n) is 17.0. The lowest BCUT2D eigenvalue weighted by Crippen LogP contribution is -2.08. The average molecular weight is 454 g/mol. The molecule has 9 heteroatoms. The molecule has 1 aromatic carbocycles. The average Bonchev–Trinajstić information content (AvgIpc) is 3.13. The van der Waals surface area contributed by atoms with E-state index in [4.69, 9.17) is 20.6 Å². The number of methoxy groups -OCH3 is 1. The van der Waals surface area contributed by atoms with E-state index in [1.807, 2.05) is 24.3 Å². The molecule has 0 aliphatic carbocycles. The Bertz CT molecular complexity index is 1150. The Morgan fingerprint density at radius 2 is 1.94 bits per heavy atom. The van der Waals surface area contributed by atoms with E-state index in [-0.39, 0.29) is 6.61 Å². The number of anilines is 2. The molecule has 0 saturated heterocycles. The molecule has 0 aliphatic rings. The number of nitrogens with zero attached hydrogens (tertiary/aromatic N) is 3. The molecular formula is C22H23N5O2S2. The van der Waals surface area contributed by atoms with Crippen molar-refractivity contribution >= 4 is 45.0 Å². The van der Waals surface area contributed by atoms with Gasteiger partial charge in [-0.2, -0.15) is 0 Å². The number of thiophene rings is 1. The number of aliphatic hydroxyl groups is 1. The van der Waals surface area contributed by atoms with Crippen LogP contribution in [-0.2, 0) is 4.74 Å². The lowest BCUT2D eigenvalue weighted by molar-refractivity contribution is 0.218. The van der Waals surface area contributed by atoms with Crippen molar-refractivity contribution in [3.05, 3.63) is 48.8 Å². The molecule has 160 valence electrons. The first-order valence-electron chi connectivity index (χ1n) is 9.78. The predicted octanol–water partition coefficient (Wildman–Crippen LogP) is 4.15. The highest BCUT2D eigenvalue weighted by molar-refractivity contribution is 8.01. The van der Waals surface area contributed by atoms with Gasteiger partial charge in [0.2, 0.25) is 5.95 Å². The molecule has 4 aromatic rings. The lowest BCUT2D eigenvalue weighted by atomic mass is 10.0. The number of ether oxygens (including phenoxy) is 1. The third-order valence-electron chi connectivity index (χ3n) is 4.61. The normalized spacial score (nSPS) is 11.2. The van der Waals surface area contributed by atoms with Crippen LogP contribution in [0.1, 0.15) is 0 Å². The maximum Gasteiger partial charge on any atom is 0.222 e. The number of nitrogens with two attached hydrogens (primary N) is 1. The molecule has 0 radical (unpaired) electrons. The number of fused-ring (bicyclic) bond motifs is 1. The smallest absolute Gasteiger partial charge is 0.222 e. The van der Waals surface area contributed by atoms with E-state index >= 15 is 0 Å². The maximum absolute atomic E-state index is 8.95. The molecular weight excluding hydrogens is 430 g/mol. The van der Waals surface area contributed by atoms with Crippen LogP contribution in [0.2, 0.25) is 0 Å². The zero-order chi connectivity index (χ0) is 21.6. The van der Waals surface area contributed by atoms with Crippen molar-refractivity contribution in [3.8, 4) is 22.4 Å².